The Hall–Kier alpha value is -5.48. The summed E-state index contributed by atoms with van der Waals surface area (Å²) in [5.74, 6) is -0.639. The number of hydrogen-bond acceptors (Lipinski definition) is 5. The number of amides is 1. The van der Waals surface area contributed by atoms with E-state index in [1.165, 1.54) is 0 Å². The number of carbonyl (C=O) groups excluding carboxylic acids is 1. The van der Waals surface area contributed by atoms with Gasteiger partial charge < -0.3 is 29.9 Å². The Labute approximate surface area is 266 Å². The number of aryl methyl sites for hydroxylation is 1. The first-order chi connectivity index (χ1) is 21.8. The minimum atomic E-state index is -0.991. The molecule has 0 spiro atoms. The molecule has 3 aromatic carbocycles. The van der Waals surface area contributed by atoms with E-state index >= 15 is 0 Å². The second kappa shape index (κ2) is 12.6. The molecule has 2 aromatic heterocycles. The topological polar surface area (TPSA) is 109 Å². The van der Waals surface area contributed by atoms with Gasteiger partial charge in [-0.25, -0.2) is 4.79 Å². The molecule has 1 amide bonds. The molecule has 9 nitrogen and oxygen atoms in total. The zero-order valence-electron chi connectivity index (χ0n) is 24.7. The van der Waals surface area contributed by atoms with Crippen molar-refractivity contribution in [3.63, 3.8) is 0 Å². The Morgan fingerprint density at radius 3 is 2.38 bits per heavy atom. The highest BCUT2D eigenvalue weighted by Crippen LogP contribution is 2.44. The summed E-state index contributed by atoms with van der Waals surface area (Å²) in [5.41, 5.74) is 5.85. The summed E-state index contributed by atoms with van der Waals surface area (Å²) in [6.07, 6.45) is 1.76. The number of benzene rings is 3. The monoisotopic (exact) mass is 617 g/mol. The maximum absolute atomic E-state index is 12.5. The molecule has 1 aliphatic heterocycles. The van der Waals surface area contributed by atoms with Gasteiger partial charge in [-0.1, -0.05) is 36.4 Å². The molecular weight excluding hydrogens is 586 g/mol. The highest BCUT2D eigenvalue weighted by molar-refractivity contribution is 7.80. The van der Waals surface area contributed by atoms with E-state index in [1.807, 2.05) is 96.1 Å². The molecule has 3 heterocycles. The second-order valence-electron chi connectivity index (χ2n) is 10.7. The number of carboxylic acids is 1. The summed E-state index contributed by atoms with van der Waals surface area (Å²) in [4.78, 5) is 31.3. The quantitative estimate of drug-likeness (QED) is 0.164. The number of pyridine rings is 1. The van der Waals surface area contributed by atoms with E-state index in [0.717, 1.165) is 28.3 Å². The van der Waals surface area contributed by atoms with E-state index in [2.05, 4.69) is 21.7 Å². The average Bonchev–Trinajstić information content (AvgIpc) is 3.55. The van der Waals surface area contributed by atoms with Gasteiger partial charge in [0.2, 0.25) is 0 Å². The fraction of sp³-hybridized carbons (Fsp3) is 0.143. The van der Waals surface area contributed by atoms with Crippen molar-refractivity contribution in [2.75, 3.05) is 16.8 Å². The van der Waals surface area contributed by atoms with Gasteiger partial charge in [0.15, 0.2) is 11.7 Å². The summed E-state index contributed by atoms with van der Waals surface area (Å²) in [7, 11) is 0. The van der Waals surface area contributed by atoms with Crippen LogP contribution in [0.4, 0.5) is 11.4 Å². The molecule has 1 saturated heterocycles. The lowest BCUT2D eigenvalue weighted by atomic mass is 9.96. The molecule has 0 bridgehead atoms. The molecule has 1 fully saturated rings. The molecule has 226 valence electrons. The molecule has 45 heavy (non-hydrogen) atoms. The van der Waals surface area contributed by atoms with E-state index in [1.54, 1.807) is 30.5 Å². The highest BCUT2D eigenvalue weighted by Gasteiger charge is 2.42. The fourth-order valence-corrected chi connectivity index (χ4v) is 6.17. The van der Waals surface area contributed by atoms with Gasteiger partial charge in [-0.2, -0.15) is 0 Å². The third-order valence-corrected chi connectivity index (χ3v) is 8.12. The van der Waals surface area contributed by atoms with E-state index in [-0.39, 0.29) is 30.2 Å². The Morgan fingerprint density at radius 1 is 0.956 bits per heavy atom. The Kier molecular flexibility index (Phi) is 8.30. The molecule has 10 heteroatoms. The summed E-state index contributed by atoms with van der Waals surface area (Å²) >= 11 is 5.91. The van der Waals surface area contributed by atoms with Crippen molar-refractivity contribution >= 4 is 40.6 Å². The van der Waals surface area contributed by atoms with Crippen molar-refractivity contribution in [3.8, 4) is 11.4 Å². The van der Waals surface area contributed by atoms with Gasteiger partial charge in [0.05, 0.1) is 29.0 Å². The number of carbonyl (C=O) groups is 2. The van der Waals surface area contributed by atoms with Crippen LogP contribution in [-0.4, -0.2) is 38.3 Å². The van der Waals surface area contributed by atoms with Crippen LogP contribution in [0.2, 0.25) is 0 Å². The van der Waals surface area contributed by atoms with Gasteiger partial charge in [0.25, 0.3) is 5.91 Å². The standard InChI is InChI=1S/C35H31N5O4S/c1-22-20-28(23(2)39(22)30-14-7-6-12-27(30)34(42)43)33-32(29-13-8-9-19-36-29)38-35(45)40(33)25-17-15-24(16-18-25)37-31(41)21-44-26-10-4-3-5-11-26/h3-20,32-33H,21H2,1-2H3,(H,37,41)(H,38,45)(H,42,43)/t32-,33-/m1/s1. The number of nitrogens with zero attached hydrogens (tertiary/aromatic N) is 3. The van der Waals surface area contributed by atoms with Crippen LogP contribution in [0.1, 0.15) is 45.1 Å². The van der Waals surface area contributed by atoms with E-state index in [0.29, 0.717) is 22.2 Å². The summed E-state index contributed by atoms with van der Waals surface area (Å²) < 4.78 is 7.54. The van der Waals surface area contributed by atoms with Gasteiger partial charge in [-0.3, -0.25) is 9.78 Å². The van der Waals surface area contributed by atoms with Gasteiger partial charge in [-0.15, -0.1) is 0 Å². The lowest BCUT2D eigenvalue weighted by Gasteiger charge is -2.28. The van der Waals surface area contributed by atoms with Gasteiger partial charge >= 0.3 is 5.97 Å². The Bertz CT molecular complexity index is 1860. The van der Waals surface area contributed by atoms with Crippen LogP contribution in [-0.2, 0) is 4.79 Å². The number of para-hydroxylation sites is 2. The number of ether oxygens (including phenoxy) is 1. The highest BCUT2D eigenvalue weighted by atomic mass is 32.1. The largest absolute Gasteiger partial charge is 0.484 e. The van der Waals surface area contributed by atoms with Crippen LogP contribution in [0, 0.1) is 13.8 Å². The third kappa shape index (κ3) is 6.00. The van der Waals surface area contributed by atoms with Crippen LogP contribution in [0.15, 0.2) is 109 Å². The van der Waals surface area contributed by atoms with E-state index in [4.69, 9.17) is 17.0 Å². The number of aromatic carboxylic acids is 1. The van der Waals surface area contributed by atoms with Crippen molar-refractivity contribution in [1.29, 1.82) is 0 Å². The lowest BCUT2D eigenvalue weighted by molar-refractivity contribution is -0.118. The molecule has 0 radical (unpaired) electrons. The van der Waals surface area contributed by atoms with Crippen molar-refractivity contribution in [2.45, 2.75) is 25.9 Å². The molecule has 3 N–H and O–H groups in total. The van der Waals surface area contributed by atoms with Gasteiger partial charge in [0, 0.05) is 29.0 Å². The predicted octanol–water partition coefficient (Wildman–Crippen LogP) is 6.38. The first-order valence-corrected chi connectivity index (χ1v) is 14.8. The van der Waals surface area contributed by atoms with Crippen LogP contribution in [0.5, 0.6) is 5.75 Å². The van der Waals surface area contributed by atoms with Gasteiger partial charge in [0.1, 0.15) is 5.75 Å². The summed E-state index contributed by atoms with van der Waals surface area (Å²) in [6, 6.07) is 30.9. The normalized spacial score (nSPS) is 15.9. The second-order valence-corrected chi connectivity index (χ2v) is 11.1. The molecular formula is C35H31N5O4S. The van der Waals surface area contributed by atoms with Crippen molar-refractivity contribution in [3.05, 3.63) is 138 Å². The lowest BCUT2D eigenvalue weighted by Crippen LogP contribution is -2.29. The fourth-order valence-electron chi connectivity index (χ4n) is 5.82. The van der Waals surface area contributed by atoms with Crippen molar-refractivity contribution in [1.82, 2.24) is 14.9 Å². The van der Waals surface area contributed by atoms with Crippen molar-refractivity contribution in [2.24, 2.45) is 0 Å². The molecule has 0 saturated carbocycles. The zero-order chi connectivity index (χ0) is 31.5. The number of rotatable bonds is 9. The van der Waals surface area contributed by atoms with Gasteiger partial charge in [-0.05, 0) is 98.4 Å². The molecule has 0 unspecified atom stereocenters. The number of hydrogen-bond donors (Lipinski definition) is 3. The average molecular weight is 618 g/mol. The van der Waals surface area contributed by atoms with E-state index in [9.17, 15) is 14.7 Å². The number of anilines is 2. The Balaban J connectivity index is 1.33. The van der Waals surface area contributed by atoms with E-state index < -0.39 is 5.97 Å². The summed E-state index contributed by atoms with van der Waals surface area (Å²) in [6.45, 7) is 3.85. The van der Waals surface area contributed by atoms with Crippen LogP contribution < -0.4 is 20.3 Å². The predicted molar refractivity (Wildman–Crippen MR) is 177 cm³/mol. The van der Waals surface area contributed by atoms with Crippen LogP contribution in [0.3, 0.4) is 0 Å². The molecule has 1 aliphatic rings. The van der Waals surface area contributed by atoms with Crippen LogP contribution >= 0.6 is 12.2 Å². The number of nitrogens with one attached hydrogen (secondary N) is 2. The van der Waals surface area contributed by atoms with Crippen molar-refractivity contribution < 1.29 is 19.4 Å². The minimum Gasteiger partial charge on any atom is -0.484 e. The SMILES string of the molecule is Cc1cc([C@@H]2[C@@H](c3ccccn3)NC(=S)N2c2ccc(NC(=O)COc3ccccc3)cc2)c(C)n1-c1ccccc1C(=O)O. The first-order valence-electron chi connectivity index (χ1n) is 14.4. The zero-order valence-corrected chi connectivity index (χ0v) is 25.5. The number of thiocarbonyl (C=S) groups is 1. The summed E-state index contributed by atoms with van der Waals surface area (Å²) in [5, 5.41) is 16.8. The Morgan fingerprint density at radius 2 is 1.67 bits per heavy atom. The maximum atomic E-state index is 12.5. The molecule has 6 rings (SSSR count). The number of carboxylic acid groups (broad SMARTS) is 1. The molecule has 0 aliphatic carbocycles. The number of aromatic nitrogens is 2. The minimum absolute atomic E-state index is 0.111. The smallest absolute Gasteiger partial charge is 0.337 e. The van der Waals surface area contributed by atoms with Crippen LogP contribution in [0.25, 0.3) is 5.69 Å². The molecule has 2 atom stereocenters. The first kappa shape index (κ1) is 29.6. The molecule has 5 aromatic rings. The third-order valence-electron chi connectivity index (χ3n) is 7.80. The maximum Gasteiger partial charge on any atom is 0.337 e.